The van der Waals surface area contributed by atoms with Crippen LogP contribution in [0.15, 0.2) is 24.3 Å². The van der Waals surface area contributed by atoms with E-state index < -0.39 is 0 Å². The van der Waals surface area contributed by atoms with Gasteiger partial charge in [0.25, 0.3) is 5.91 Å². The van der Waals surface area contributed by atoms with Gasteiger partial charge in [0.15, 0.2) is 0 Å². The van der Waals surface area contributed by atoms with Gasteiger partial charge in [0.05, 0.1) is 16.7 Å². The third kappa shape index (κ3) is 4.22. The summed E-state index contributed by atoms with van der Waals surface area (Å²) in [7, 11) is 0. The fourth-order valence-electron chi connectivity index (χ4n) is 2.54. The minimum atomic E-state index is -0.173. The highest BCUT2D eigenvalue weighted by Crippen LogP contribution is 2.18. The lowest BCUT2D eigenvalue weighted by Crippen LogP contribution is -2.41. The van der Waals surface area contributed by atoms with E-state index in [9.17, 15) is 9.59 Å². The lowest BCUT2D eigenvalue weighted by Gasteiger charge is -2.31. The maximum absolute atomic E-state index is 12.1. The van der Waals surface area contributed by atoms with Crippen LogP contribution in [-0.4, -0.2) is 36.3 Å². The molecule has 0 aliphatic carbocycles. The molecule has 1 fully saturated rings. The molecular formula is C16H18ClN3O2. The summed E-state index contributed by atoms with van der Waals surface area (Å²) in [5.41, 5.74) is 0.478. The SMILES string of the molecule is N#CCC(=O)N1CCC(CNC(=O)c2ccccc2Cl)CC1. The van der Waals surface area contributed by atoms with Gasteiger partial charge in [-0.1, -0.05) is 23.7 Å². The van der Waals surface area contributed by atoms with Gasteiger partial charge < -0.3 is 10.2 Å². The molecule has 0 aromatic heterocycles. The standard InChI is InChI=1S/C16H18ClN3O2/c17-14-4-2-1-3-13(14)16(22)19-11-12-6-9-20(10-7-12)15(21)5-8-18/h1-4,12H,5-7,9-11H2,(H,19,22). The highest BCUT2D eigenvalue weighted by Gasteiger charge is 2.23. The zero-order chi connectivity index (χ0) is 15.9. The number of hydrogen-bond donors (Lipinski definition) is 1. The van der Waals surface area contributed by atoms with Gasteiger partial charge in [-0.2, -0.15) is 5.26 Å². The number of likely N-dealkylation sites (tertiary alicyclic amines) is 1. The predicted octanol–water partition coefficient (Wildman–Crippen LogP) is 2.22. The average Bonchev–Trinajstić information content (AvgIpc) is 2.54. The topological polar surface area (TPSA) is 73.2 Å². The Morgan fingerprint density at radius 1 is 1.32 bits per heavy atom. The summed E-state index contributed by atoms with van der Waals surface area (Å²) >= 11 is 5.99. The third-order valence-electron chi connectivity index (χ3n) is 3.87. The van der Waals surface area contributed by atoms with Gasteiger partial charge in [-0.15, -0.1) is 0 Å². The minimum absolute atomic E-state index is 0.0616. The van der Waals surface area contributed by atoms with E-state index in [1.807, 2.05) is 6.07 Å². The summed E-state index contributed by atoms with van der Waals surface area (Å²) in [5.74, 6) is 0.0622. The van der Waals surface area contributed by atoms with Crippen LogP contribution in [0, 0.1) is 17.2 Å². The molecule has 2 rings (SSSR count). The lowest BCUT2D eigenvalue weighted by atomic mass is 9.96. The Morgan fingerprint density at radius 2 is 2.00 bits per heavy atom. The number of hydrogen-bond acceptors (Lipinski definition) is 3. The van der Waals surface area contributed by atoms with Crippen molar-refractivity contribution in [3.63, 3.8) is 0 Å². The molecule has 0 radical (unpaired) electrons. The maximum atomic E-state index is 12.1. The monoisotopic (exact) mass is 319 g/mol. The summed E-state index contributed by atoms with van der Waals surface area (Å²) < 4.78 is 0. The van der Waals surface area contributed by atoms with E-state index >= 15 is 0 Å². The largest absolute Gasteiger partial charge is 0.352 e. The van der Waals surface area contributed by atoms with E-state index in [4.69, 9.17) is 16.9 Å². The number of amides is 2. The molecule has 116 valence electrons. The van der Waals surface area contributed by atoms with Gasteiger partial charge in [-0.3, -0.25) is 9.59 Å². The van der Waals surface area contributed by atoms with Gasteiger partial charge in [-0.25, -0.2) is 0 Å². The lowest BCUT2D eigenvalue weighted by molar-refractivity contribution is -0.131. The van der Waals surface area contributed by atoms with Crippen LogP contribution < -0.4 is 5.32 Å². The zero-order valence-electron chi connectivity index (χ0n) is 12.2. The Bertz CT molecular complexity index is 589. The Balaban J connectivity index is 1.78. The first-order chi connectivity index (χ1) is 10.6. The van der Waals surface area contributed by atoms with Crippen LogP contribution in [0.25, 0.3) is 0 Å². The van der Waals surface area contributed by atoms with E-state index in [0.717, 1.165) is 12.8 Å². The molecule has 0 unspecified atom stereocenters. The number of benzene rings is 1. The summed E-state index contributed by atoms with van der Waals surface area (Å²) in [5, 5.41) is 11.9. The predicted molar refractivity (Wildman–Crippen MR) is 83.3 cm³/mol. The average molecular weight is 320 g/mol. The van der Waals surface area contributed by atoms with Crippen molar-refractivity contribution in [2.45, 2.75) is 19.3 Å². The molecule has 1 saturated heterocycles. The van der Waals surface area contributed by atoms with Crippen LogP contribution in [0.1, 0.15) is 29.6 Å². The molecule has 0 atom stereocenters. The van der Waals surface area contributed by atoms with E-state index in [-0.39, 0.29) is 18.2 Å². The molecule has 0 saturated carbocycles. The molecule has 0 bridgehead atoms. The molecule has 0 spiro atoms. The van der Waals surface area contributed by atoms with Gasteiger partial charge in [0.2, 0.25) is 5.91 Å². The van der Waals surface area contributed by atoms with Crippen LogP contribution in [-0.2, 0) is 4.79 Å². The van der Waals surface area contributed by atoms with Gasteiger partial charge in [0.1, 0.15) is 6.42 Å². The van der Waals surface area contributed by atoms with Gasteiger partial charge >= 0.3 is 0 Å². The van der Waals surface area contributed by atoms with Crippen molar-refractivity contribution in [2.75, 3.05) is 19.6 Å². The Labute approximate surface area is 134 Å². The van der Waals surface area contributed by atoms with E-state index in [2.05, 4.69) is 5.32 Å². The first-order valence-electron chi connectivity index (χ1n) is 7.29. The molecule has 1 aliphatic rings. The van der Waals surface area contributed by atoms with Crippen LogP contribution in [0.3, 0.4) is 0 Å². The Kier molecular flexibility index (Phi) is 5.79. The molecule has 1 heterocycles. The van der Waals surface area contributed by atoms with Crippen molar-refractivity contribution >= 4 is 23.4 Å². The first-order valence-corrected chi connectivity index (χ1v) is 7.67. The van der Waals surface area contributed by atoms with Crippen LogP contribution >= 0.6 is 11.6 Å². The normalized spacial score (nSPS) is 15.2. The maximum Gasteiger partial charge on any atom is 0.252 e. The molecule has 1 aromatic carbocycles. The fourth-order valence-corrected chi connectivity index (χ4v) is 2.77. The second-order valence-corrected chi connectivity index (χ2v) is 5.76. The summed E-state index contributed by atoms with van der Waals surface area (Å²) in [6, 6.07) is 8.83. The molecule has 22 heavy (non-hydrogen) atoms. The van der Waals surface area contributed by atoms with Gasteiger partial charge in [0, 0.05) is 19.6 Å². The number of carbonyl (C=O) groups excluding carboxylic acids is 2. The molecule has 1 aromatic rings. The second kappa shape index (κ2) is 7.81. The molecule has 5 nitrogen and oxygen atoms in total. The van der Waals surface area contributed by atoms with E-state index in [0.29, 0.717) is 36.1 Å². The number of piperidine rings is 1. The first kappa shape index (κ1) is 16.3. The highest BCUT2D eigenvalue weighted by molar-refractivity contribution is 6.33. The van der Waals surface area contributed by atoms with Crippen molar-refractivity contribution in [1.29, 1.82) is 5.26 Å². The van der Waals surface area contributed by atoms with E-state index in [1.54, 1.807) is 29.2 Å². The molecular weight excluding hydrogens is 302 g/mol. The number of nitrogens with zero attached hydrogens (tertiary/aromatic N) is 2. The molecule has 1 N–H and O–H groups in total. The fraction of sp³-hybridized carbons (Fsp3) is 0.438. The molecule has 6 heteroatoms. The number of halogens is 1. The van der Waals surface area contributed by atoms with E-state index in [1.165, 1.54) is 0 Å². The highest BCUT2D eigenvalue weighted by atomic mass is 35.5. The second-order valence-electron chi connectivity index (χ2n) is 5.35. The Morgan fingerprint density at radius 3 is 2.64 bits per heavy atom. The van der Waals surface area contributed by atoms with Crippen molar-refractivity contribution < 1.29 is 9.59 Å². The third-order valence-corrected chi connectivity index (χ3v) is 4.20. The molecule has 1 aliphatic heterocycles. The van der Waals surface area contributed by atoms with Crippen molar-refractivity contribution in [1.82, 2.24) is 10.2 Å². The number of rotatable bonds is 4. The quantitative estimate of drug-likeness (QED) is 0.924. The summed E-state index contributed by atoms with van der Waals surface area (Å²) in [6.45, 7) is 1.87. The number of nitriles is 1. The zero-order valence-corrected chi connectivity index (χ0v) is 13.0. The van der Waals surface area contributed by atoms with Crippen molar-refractivity contribution in [2.24, 2.45) is 5.92 Å². The number of nitrogens with one attached hydrogen (secondary N) is 1. The summed E-state index contributed by atoms with van der Waals surface area (Å²) in [4.78, 5) is 25.4. The Hall–Kier alpha value is -2.06. The van der Waals surface area contributed by atoms with Crippen LogP contribution in [0.5, 0.6) is 0 Å². The minimum Gasteiger partial charge on any atom is -0.352 e. The smallest absolute Gasteiger partial charge is 0.252 e. The van der Waals surface area contributed by atoms with Gasteiger partial charge in [-0.05, 0) is 30.9 Å². The number of carbonyl (C=O) groups is 2. The molecule has 2 amide bonds. The summed E-state index contributed by atoms with van der Waals surface area (Å²) in [6.07, 6.45) is 1.61. The van der Waals surface area contributed by atoms with Crippen molar-refractivity contribution in [3.8, 4) is 6.07 Å². The van der Waals surface area contributed by atoms with Crippen LogP contribution in [0.2, 0.25) is 5.02 Å². The van der Waals surface area contributed by atoms with Crippen LogP contribution in [0.4, 0.5) is 0 Å². The van der Waals surface area contributed by atoms with Crippen molar-refractivity contribution in [3.05, 3.63) is 34.9 Å².